The first kappa shape index (κ1) is 19.9. The SMILES string of the molecule is CC(=O)Nc1ccc(S(=O)(=O)NC(C)C(=O)N2CCC[C@H]2C(=O)O)cc1. The Kier molecular flexibility index (Phi) is 5.98. The van der Waals surface area contributed by atoms with Crippen LogP contribution in [0.3, 0.4) is 0 Å². The Bertz CT molecular complexity index is 806. The smallest absolute Gasteiger partial charge is 0.326 e. The molecule has 1 aliphatic heterocycles. The molecule has 1 unspecified atom stereocenters. The molecule has 1 fully saturated rings. The van der Waals surface area contributed by atoms with E-state index in [2.05, 4.69) is 10.0 Å². The van der Waals surface area contributed by atoms with Crippen molar-refractivity contribution in [3.8, 4) is 0 Å². The fourth-order valence-electron chi connectivity index (χ4n) is 2.81. The van der Waals surface area contributed by atoms with Crippen molar-refractivity contribution in [3.63, 3.8) is 0 Å². The normalized spacial score (nSPS) is 18.4. The van der Waals surface area contributed by atoms with Gasteiger partial charge < -0.3 is 15.3 Å². The summed E-state index contributed by atoms with van der Waals surface area (Å²) < 4.78 is 27.1. The average molecular weight is 383 g/mol. The maximum Gasteiger partial charge on any atom is 0.326 e. The molecule has 3 N–H and O–H groups in total. The van der Waals surface area contributed by atoms with Gasteiger partial charge in [-0.05, 0) is 44.0 Å². The highest BCUT2D eigenvalue weighted by molar-refractivity contribution is 7.89. The van der Waals surface area contributed by atoms with Crippen molar-refractivity contribution in [1.29, 1.82) is 0 Å². The van der Waals surface area contributed by atoms with Crippen molar-refractivity contribution < 1.29 is 27.9 Å². The second kappa shape index (κ2) is 7.83. The van der Waals surface area contributed by atoms with Gasteiger partial charge >= 0.3 is 5.97 Å². The third-order valence-corrected chi connectivity index (χ3v) is 5.56. The Hall–Kier alpha value is -2.46. The fourth-order valence-corrected chi connectivity index (χ4v) is 4.00. The van der Waals surface area contributed by atoms with Crippen molar-refractivity contribution in [2.45, 2.75) is 43.7 Å². The largest absolute Gasteiger partial charge is 0.480 e. The van der Waals surface area contributed by atoms with E-state index in [0.717, 1.165) is 0 Å². The number of aliphatic carboxylic acids is 1. The number of amides is 2. The van der Waals surface area contributed by atoms with Gasteiger partial charge in [-0.3, -0.25) is 9.59 Å². The van der Waals surface area contributed by atoms with Crippen LogP contribution in [0.25, 0.3) is 0 Å². The number of nitrogens with one attached hydrogen (secondary N) is 2. The molecule has 0 aliphatic carbocycles. The maximum absolute atomic E-state index is 12.4. The lowest BCUT2D eigenvalue weighted by Crippen LogP contribution is -2.50. The molecule has 2 amide bonds. The first-order chi connectivity index (χ1) is 12.1. The Morgan fingerprint density at radius 3 is 2.38 bits per heavy atom. The number of hydrogen-bond donors (Lipinski definition) is 3. The molecule has 0 radical (unpaired) electrons. The quantitative estimate of drug-likeness (QED) is 0.651. The lowest BCUT2D eigenvalue weighted by molar-refractivity contribution is -0.148. The summed E-state index contributed by atoms with van der Waals surface area (Å²) in [5.74, 6) is -1.95. The summed E-state index contributed by atoms with van der Waals surface area (Å²) in [7, 11) is -3.97. The molecule has 10 heteroatoms. The monoisotopic (exact) mass is 383 g/mol. The van der Waals surface area contributed by atoms with Gasteiger partial charge in [-0.2, -0.15) is 4.72 Å². The molecule has 1 aromatic carbocycles. The molecular formula is C16H21N3O6S. The van der Waals surface area contributed by atoms with E-state index in [-0.39, 0.29) is 17.3 Å². The Morgan fingerprint density at radius 1 is 1.23 bits per heavy atom. The molecule has 26 heavy (non-hydrogen) atoms. The van der Waals surface area contributed by atoms with Crippen molar-refractivity contribution in [2.75, 3.05) is 11.9 Å². The van der Waals surface area contributed by atoms with Crippen molar-refractivity contribution in [1.82, 2.24) is 9.62 Å². The topological polar surface area (TPSA) is 133 Å². The number of benzene rings is 1. The minimum absolute atomic E-state index is 0.0672. The van der Waals surface area contributed by atoms with Crippen molar-refractivity contribution in [2.24, 2.45) is 0 Å². The predicted octanol–water partition coefficient (Wildman–Crippen LogP) is 0.387. The Balaban J connectivity index is 2.09. The highest BCUT2D eigenvalue weighted by Crippen LogP contribution is 2.19. The summed E-state index contributed by atoms with van der Waals surface area (Å²) in [4.78, 5) is 35.7. The number of rotatable bonds is 6. The zero-order valence-electron chi connectivity index (χ0n) is 14.4. The highest BCUT2D eigenvalue weighted by atomic mass is 32.2. The van der Waals surface area contributed by atoms with Gasteiger partial charge in [-0.1, -0.05) is 0 Å². The van der Waals surface area contributed by atoms with Gasteiger partial charge in [0.05, 0.1) is 10.9 Å². The van der Waals surface area contributed by atoms with E-state index in [1.54, 1.807) is 0 Å². The Morgan fingerprint density at radius 2 is 1.85 bits per heavy atom. The van der Waals surface area contributed by atoms with Gasteiger partial charge in [0.25, 0.3) is 0 Å². The average Bonchev–Trinajstić information content (AvgIpc) is 3.03. The molecule has 1 heterocycles. The number of anilines is 1. The number of carbonyl (C=O) groups is 3. The second-order valence-electron chi connectivity index (χ2n) is 6.08. The molecule has 0 saturated carbocycles. The molecular weight excluding hydrogens is 362 g/mol. The van der Waals surface area contributed by atoms with E-state index < -0.39 is 34.0 Å². The van der Waals surface area contributed by atoms with Crippen LogP contribution in [0.15, 0.2) is 29.2 Å². The molecule has 2 atom stereocenters. The standard InChI is InChI=1S/C16H21N3O6S/c1-10(15(21)19-9-3-4-14(19)16(22)23)18-26(24,25)13-7-5-12(6-8-13)17-11(2)20/h5-8,10,14,18H,3-4,9H2,1-2H3,(H,17,20)(H,22,23)/t10?,14-/m0/s1. The molecule has 1 aliphatic rings. The summed E-state index contributed by atoms with van der Waals surface area (Å²) in [6.45, 7) is 3.00. The molecule has 9 nitrogen and oxygen atoms in total. The molecule has 0 aromatic heterocycles. The maximum atomic E-state index is 12.4. The van der Waals surface area contributed by atoms with Gasteiger partial charge in [0, 0.05) is 19.2 Å². The molecule has 2 rings (SSSR count). The second-order valence-corrected chi connectivity index (χ2v) is 7.79. The van der Waals surface area contributed by atoms with Gasteiger partial charge in [-0.15, -0.1) is 0 Å². The zero-order valence-corrected chi connectivity index (χ0v) is 15.2. The first-order valence-electron chi connectivity index (χ1n) is 8.05. The molecule has 142 valence electrons. The molecule has 1 saturated heterocycles. The summed E-state index contributed by atoms with van der Waals surface area (Å²) in [5, 5.41) is 11.7. The van der Waals surface area contributed by atoms with E-state index in [1.807, 2.05) is 0 Å². The van der Waals surface area contributed by atoms with Gasteiger partial charge in [0.1, 0.15) is 6.04 Å². The number of likely N-dealkylation sites (tertiary alicyclic amines) is 1. The third kappa shape index (κ3) is 4.58. The number of carbonyl (C=O) groups excluding carboxylic acids is 2. The van der Waals surface area contributed by atoms with Gasteiger partial charge in [-0.25, -0.2) is 13.2 Å². The third-order valence-electron chi connectivity index (χ3n) is 4.01. The van der Waals surface area contributed by atoms with E-state index >= 15 is 0 Å². The Labute approximate surface area is 151 Å². The van der Waals surface area contributed by atoms with E-state index in [1.165, 1.54) is 43.0 Å². The first-order valence-corrected chi connectivity index (χ1v) is 9.53. The van der Waals surface area contributed by atoms with Crippen LogP contribution >= 0.6 is 0 Å². The van der Waals surface area contributed by atoms with Crippen LogP contribution in [0.1, 0.15) is 26.7 Å². The van der Waals surface area contributed by atoms with Crippen LogP contribution < -0.4 is 10.0 Å². The summed E-state index contributed by atoms with van der Waals surface area (Å²) in [5.41, 5.74) is 0.446. The number of carboxylic acids is 1. The number of carboxylic acid groups (broad SMARTS) is 1. The van der Waals surface area contributed by atoms with Crippen LogP contribution in [-0.2, 0) is 24.4 Å². The van der Waals surface area contributed by atoms with E-state index in [0.29, 0.717) is 18.5 Å². The predicted molar refractivity (Wildman–Crippen MR) is 92.9 cm³/mol. The van der Waals surface area contributed by atoms with Gasteiger partial charge in [0.15, 0.2) is 0 Å². The summed E-state index contributed by atoms with van der Waals surface area (Å²) >= 11 is 0. The molecule has 1 aromatic rings. The highest BCUT2D eigenvalue weighted by Gasteiger charge is 2.36. The van der Waals surface area contributed by atoms with Crippen molar-refractivity contribution >= 4 is 33.5 Å². The van der Waals surface area contributed by atoms with Crippen molar-refractivity contribution in [3.05, 3.63) is 24.3 Å². The number of hydrogen-bond acceptors (Lipinski definition) is 5. The van der Waals surface area contributed by atoms with Gasteiger partial charge in [0.2, 0.25) is 21.8 Å². The van der Waals surface area contributed by atoms with Crippen LogP contribution in [0, 0.1) is 0 Å². The molecule has 0 bridgehead atoms. The minimum atomic E-state index is -3.97. The van der Waals surface area contributed by atoms with E-state index in [4.69, 9.17) is 5.11 Å². The number of nitrogens with zero attached hydrogens (tertiary/aromatic N) is 1. The van der Waals surface area contributed by atoms with Crippen LogP contribution in [0.4, 0.5) is 5.69 Å². The van der Waals surface area contributed by atoms with Crippen LogP contribution in [0.2, 0.25) is 0 Å². The number of sulfonamides is 1. The van der Waals surface area contributed by atoms with Crippen LogP contribution in [-0.4, -0.2) is 54.8 Å². The van der Waals surface area contributed by atoms with E-state index in [9.17, 15) is 22.8 Å². The fraction of sp³-hybridized carbons (Fsp3) is 0.438. The van der Waals surface area contributed by atoms with Crippen LogP contribution in [0.5, 0.6) is 0 Å². The zero-order chi connectivity index (χ0) is 19.5. The summed E-state index contributed by atoms with van der Waals surface area (Å²) in [6.07, 6.45) is 0.915. The lowest BCUT2D eigenvalue weighted by atomic mass is 10.2. The lowest BCUT2D eigenvalue weighted by Gasteiger charge is -2.25. The summed E-state index contributed by atoms with van der Waals surface area (Å²) in [6, 6.07) is 3.45. The molecule has 0 spiro atoms. The minimum Gasteiger partial charge on any atom is -0.480 e.